The highest BCUT2D eigenvalue weighted by Crippen LogP contribution is 2.19. The number of ether oxygens (including phenoxy) is 2. The molecule has 0 aliphatic heterocycles. The Morgan fingerprint density at radius 3 is 2.56 bits per heavy atom. The fourth-order valence-corrected chi connectivity index (χ4v) is 1.24. The Balaban J connectivity index is 2.66. The van der Waals surface area contributed by atoms with Crippen molar-refractivity contribution in [3.8, 4) is 5.75 Å². The van der Waals surface area contributed by atoms with Gasteiger partial charge in [0.05, 0.1) is 12.1 Å². The maximum atomic E-state index is 9.79. The van der Waals surface area contributed by atoms with Crippen molar-refractivity contribution in [1.82, 2.24) is 0 Å². The van der Waals surface area contributed by atoms with Gasteiger partial charge in [-0.25, -0.2) is 0 Å². The quantitative estimate of drug-likeness (QED) is 0.562. The van der Waals surface area contributed by atoms with Crippen LogP contribution in [0.3, 0.4) is 0 Å². The van der Waals surface area contributed by atoms with E-state index in [1.807, 2.05) is 0 Å². The number of methoxy groups -OCH3 is 1. The van der Waals surface area contributed by atoms with Crippen molar-refractivity contribution in [2.24, 2.45) is 5.73 Å². The van der Waals surface area contributed by atoms with Gasteiger partial charge >= 0.3 is 0 Å². The molecule has 2 atom stereocenters. The molecule has 0 fully saturated rings. The van der Waals surface area contributed by atoms with Crippen molar-refractivity contribution in [3.05, 3.63) is 42.5 Å². The van der Waals surface area contributed by atoms with E-state index in [1.54, 1.807) is 31.4 Å². The first-order valence-corrected chi connectivity index (χ1v) is 4.97. The molecule has 1 aromatic rings. The summed E-state index contributed by atoms with van der Waals surface area (Å²) in [5.41, 5.74) is 6.38. The van der Waals surface area contributed by atoms with Crippen LogP contribution in [0.4, 0.5) is 0 Å². The number of benzene rings is 1. The van der Waals surface area contributed by atoms with Crippen LogP contribution in [0, 0.1) is 0 Å². The Morgan fingerprint density at radius 2 is 2.06 bits per heavy atom. The summed E-state index contributed by atoms with van der Waals surface area (Å²) in [4.78, 5) is 0. The van der Waals surface area contributed by atoms with Crippen LogP contribution < -0.4 is 10.5 Å². The van der Waals surface area contributed by atoms with E-state index in [2.05, 4.69) is 6.58 Å². The second-order valence-corrected chi connectivity index (χ2v) is 3.38. The second kappa shape index (κ2) is 6.27. The Morgan fingerprint density at radius 1 is 1.44 bits per heavy atom. The predicted molar refractivity (Wildman–Crippen MR) is 62.1 cm³/mol. The van der Waals surface area contributed by atoms with Crippen molar-refractivity contribution in [2.45, 2.75) is 12.1 Å². The molecule has 1 rings (SSSR count). The van der Waals surface area contributed by atoms with Gasteiger partial charge in [0, 0.05) is 7.11 Å². The minimum Gasteiger partial charge on any atom is -0.468 e. The van der Waals surface area contributed by atoms with E-state index in [1.165, 1.54) is 6.08 Å². The van der Waals surface area contributed by atoms with Gasteiger partial charge in [0.1, 0.15) is 5.75 Å². The third kappa shape index (κ3) is 3.34. The molecular formula is C12H17NO3. The normalized spacial score (nSPS) is 14.2. The molecule has 1 aromatic carbocycles. The molecule has 16 heavy (non-hydrogen) atoms. The van der Waals surface area contributed by atoms with Gasteiger partial charge < -0.3 is 20.3 Å². The van der Waals surface area contributed by atoms with Crippen molar-refractivity contribution >= 4 is 0 Å². The average Bonchev–Trinajstić information content (AvgIpc) is 2.35. The second-order valence-electron chi connectivity index (χ2n) is 3.38. The number of aliphatic hydroxyl groups excluding tert-OH is 1. The Kier molecular flexibility index (Phi) is 4.98. The molecule has 4 heteroatoms. The number of nitrogens with two attached hydrogens (primary N) is 1. The largest absolute Gasteiger partial charge is 0.468 e. The molecule has 4 nitrogen and oxygen atoms in total. The average molecular weight is 223 g/mol. The molecule has 0 bridgehead atoms. The van der Waals surface area contributed by atoms with Crippen LogP contribution in [-0.2, 0) is 4.74 Å². The van der Waals surface area contributed by atoms with Gasteiger partial charge in [-0.3, -0.25) is 0 Å². The van der Waals surface area contributed by atoms with E-state index in [4.69, 9.17) is 15.2 Å². The molecule has 88 valence electrons. The first-order valence-electron chi connectivity index (χ1n) is 4.97. The van der Waals surface area contributed by atoms with Gasteiger partial charge in [-0.15, -0.1) is 6.58 Å². The maximum absolute atomic E-state index is 9.79. The third-order valence-electron chi connectivity index (χ3n) is 2.20. The monoisotopic (exact) mass is 223 g/mol. The highest BCUT2D eigenvalue weighted by atomic mass is 16.7. The predicted octanol–water partition coefficient (Wildman–Crippen LogP) is 1.22. The van der Waals surface area contributed by atoms with Gasteiger partial charge in [-0.2, -0.15) is 0 Å². The first kappa shape index (κ1) is 12.7. The standard InChI is InChI=1S/C12H17NO3/c1-3-11(13)12(14)9-4-6-10(7-5-9)16-8-15-2/h3-7,11-12,14H,1,8,13H2,2H3. The van der Waals surface area contributed by atoms with Crippen molar-refractivity contribution in [3.63, 3.8) is 0 Å². The van der Waals surface area contributed by atoms with Crippen molar-refractivity contribution in [1.29, 1.82) is 0 Å². The van der Waals surface area contributed by atoms with E-state index in [9.17, 15) is 5.11 Å². The summed E-state index contributed by atoms with van der Waals surface area (Å²) in [6.07, 6.45) is 0.772. The summed E-state index contributed by atoms with van der Waals surface area (Å²) in [7, 11) is 1.56. The Hall–Kier alpha value is -1.36. The molecule has 0 aromatic heterocycles. The zero-order valence-corrected chi connectivity index (χ0v) is 9.30. The number of aliphatic hydroxyl groups is 1. The molecule has 0 aliphatic carbocycles. The zero-order valence-electron chi connectivity index (χ0n) is 9.30. The lowest BCUT2D eigenvalue weighted by Gasteiger charge is -2.15. The molecule has 0 saturated heterocycles. The molecule has 0 radical (unpaired) electrons. The molecule has 0 saturated carbocycles. The molecular weight excluding hydrogens is 206 g/mol. The minimum atomic E-state index is -0.742. The third-order valence-corrected chi connectivity index (χ3v) is 2.20. The summed E-state index contributed by atoms with van der Waals surface area (Å²) < 4.78 is 10.00. The lowest BCUT2D eigenvalue weighted by atomic mass is 10.0. The van der Waals surface area contributed by atoms with Crippen molar-refractivity contribution < 1.29 is 14.6 Å². The van der Waals surface area contributed by atoms with Crippen LogP contribution in [0.15, 0.2) is 36.9 Å². The van der Waals surface area contributed by atoms with Gasteiger partial charge in [0.25, 0.3) is 0 Å². The first-order chi connectivity index (χ1) is 7.69. The van der Waals surface area contributed by atoms with Crippen molar-refractivity contribution in [2.75, 3.05) is 13.9 Å². The van der Waals surface area contributed by atoms with E-state index >= 15 is 0 Å². The highest BCUT2D eigenvalue weighted by Gasteiger charge is 2.13. The van der Waals surface area contributed by atoms with E-state index in [0.29, 0.717) is 5.75 Å². The molecule has 0 aliphatic rings. The van der Waals surface area contributed by atoms with Crippen LogP contribution >= 0.6 is 0 Å². The molecule has 0 heterocycles. The summed E-state index contributed by atoms with van der Waals surface area (Å²) in [6.45, 7) is 3.74. The fourth-order valence-electron chi connectivity index (χ4n) is 1.24. The number of rotatable bonds is 6. The van der Waals surface area contributed by atoms with E-state index in [0.717, 1.165) is 5.56 Å². The number of hydrogen-bond donors (Lipinski definition) is 2. The van der Waals surface area contributed by atoms with Crippen LogP contribution in [0.2, 0.25) is 0 Å². The van der Waals surface area contributed by atoms with Gasteiger partial charge in [0.2, 0.25) is 0 Å². The van der Waals surface area contributed by atoms with E-state index < -0.39 is 12.1 Å². The summed E-state index contributed by atoms with van der Waals surface area (Å²) in [6, 6.07) is 6.57. The SMILES string of the molecule is C=CC(N)C(O)c1ccc(OCOC)cc1. The zero-order chi connectivity index (χ0) is 12.0. The maximum Gasteiger partial charge on any atom is 0.188 e. The number of hydrogen-bond acceptors (Lipinski definition) is 4. The lowest BCUT2D eigenvalue weighted by molar-refractivity contribution is 0.0510. The summed E-state index contributed by atoms with van der Waals surface area (Å²) >= 11 is 0. The van der Waals surface area contributed by atoms with Crippen LogP contribution in [-0.4, -0.2) is 25.1 Å². The molecule has 0 amide bonds. The Labute approximate surface area is 95.3 Å². The van der Waals surface area contributed by atoms with Gasteiger partial charge in [0.15, 0.2) is 6.79 Å². The van der Waals surface area contributed by atoms with Crippen LogP contribution in [0.1, 0.15) is 11.7 Å². The summed E-state index contributed by atoms with van der Waals surface area (Å²) in [5, 5.41) is 9.79. The molecule has 2 unspecified atom stereocenters. The van der Waals surface area contributed by atoms with Crippen LogP contribution in [0.25, 0.3) is 0 Å². The Bertz CT molecular complexity index is 324. The van der Waals surface area contributed by atoms with Gasteiger partial charge in [-0.05, 0) is 17.7 Å². The molecule has 0 spiro atoms. The smallest absolute Gasteiger partial charge is 0.188 e. The lowest BCUT2D eigenvalue weighted by Crippen LogP contribution is -2.25. The minimum absolute atomic E-state index is 0.202. The topological polar surface area (TPSA) is 64.7 Å². The van der Waals surface area contributed by atoms with Crippen LogP contribution in [0.5, 0.6) is 5.75 Å². The van der Waals surface area contributed by atoms with Gasteiger partial charge in [-0.1, -0.05) is 18.2 Å². The highest BCUT2D eigenvalue weighted by molar-refractivity contribution is 5.29. The molecule has 3 N–H and O–H groups in total. The fraction of sp³-hybridized carbons (Fsp3) is 0.333. The van der Waals surface area contributed by atoms with E-state index in [-0.39, 0.29) is 6.79 Å². The summed E-state index contributed by atoms with van der Waals surface area (Å²) in [5.74, 6) is 0.685.